The maximum atomic E-state index is 8.38. The van der Waals surface area contributed by atoms with Crippen LogP contribution in [-0.4, -0.2) is 0 Å². The van der Waals surface area contributed by atoms with Crippen LogP contribution in [0.1, 0.15) is 26.1 Å². The Hall–Kier alpha value is -3.94. The summed E-state index contributed by atoms with van der Waals surface area (Å²) < 4.78 is 122. The summed E-state index contributed by atoms with van der Waals surface area (Å²) in [5.41, 5.74) is 1.29. The number of benzene rings is 7. The van der Waals surface area contributed by atoms with E-state index in [2.05, 4.69) is 104 Å². The van der Waals surface area contributed by atoms with Gasteiger partial charge in [0.15, 0.2) is 0 Å². The van der Waals surface area contributed by atoms with Gasteiger partial charge in [0.05, 0.1) is 20.6 Å². The summed E-state index contributed by atoms with van der Waals surface area (Å²) in [6, 6.07) is 31.7. The molecule has 7 aromatic carbocycles. The quantitative estimate of drug-likeness (QED) is 0.0911. The normalized spacial score (nSPS) is 14.6. The molecular weight excluding hydrogens is 685 g/mol. The van der Waals surface area contributed by atoms with Crippen molar-refractivity contribution >= 4 is 47.7 Å². The van der Waals surface area contributed by atoms with Crippen LogP contribution in [0.25, 0.3) is 0 Å². The van der Waals surface area contributed by atoms with E-state index in [-0.39, 0.29) is 20.4 Å². The molecule has 0 saturated carbocycles. The summed E-state index contributed by atoms with van der Waals surface area (Å²) in [5.74, 6) is 0. The summed E-state index contributed by atoms with van der Waals surface area (Å²) in [7, 11) is -3.25. The first-order valence-electron chi connectivity index (χ1n) is 21.4. The fourth-order valence-corrected chi connectivity index (χ4v) is 8.03. The average molecular weight is 737 g/mol. The predicted octanol–water partition coefficient (Wildman–Crippen LogP) is 8.68. The van der Waals surface area contributed by atoms with Crippen molar-refractivity contribution in [2.75, 3.05) is 0 Å². The van der Waals surface area contributed by atoms with Crippen molar-refractivity contribution in [3.8, 4) is 0 Å². The van der Waals surface area contributed by atoms with Crippen molar-refractivity contribution in [2.45, 2.75) is 6.92 Å². The molecule has 0 saturated heterocycles. The van der Waals surface area contributed by atoms with Gasteiger partial charge in [-0.3, -0.25) is 0 Å². The molecule has 3 heteroatoms. The molecule has 7 aromatic rings. The molecule has 0 fully saturated rings. The maximum Gasteiger partial charge on any atom is 2.00 e. The summed E-state index contributed by atoms with van der Waals surface area (Å²) in [5, 5.41) is 2.65. The van der Waals surface area contributed by atoms with Gasteiger partial charge in [-0.2, -0.15) is 35.9 Å². The van der Waals surface area contributed by atoms with Gasteiger partial charge in [-0.05, 0) is 47.7 Å². The molecule has 0 heterocycles. The minimum atomic E-state index is -2.80. The fraction of sp³-hybridized carbons (Fsp3) is 0.0233. The Morgan fingerprint density at radius 1 is 0.391 bits per heavy atom. The minimum Gasteiger partial charge on any atom is -0.184 e. The van der Waals surface area contributed by atoms with Crippen LogP contribution in [0.3, 0.4) is 0 Å². The van der Waals surface area contributed by atoms with E-state index in [0.717, 1.165) is 0 Å². The van der Waals surface area contributed by atoms with E-state index in [1.165, 1.54) is 21.5 Å². The van der Waals surface area contributed by atoms with Crippen molar-refractivity contribution < 1.29 is 41.0 Å². The summed E-state index contributed by atoms with van der Waals surface area (Å²) >= 11 is 0. The zero-order valence-electron chi connectivity index (χ0n) is 39.7. The van der Waals surface area contributed by atoms with Gasteiger partial charge in [-0.15, -0.1) is 0 Å². The van der Waals surface area contributed by atoms with Crippen LogP contribution in [0.15, 0.2) is 206 Å². The van der Waals surface area contributed by atoms with E-state index >= 15 is 0 Å². The van der Waals surface area contributed by atoms with Gasteiger partial charge in [0.1, 0.15) is 0 Å². The van der Waals surface area contributed by atoms with Crippen LogP contribution >= 0.6 is 15.8 Å². The Morgan fingerprint density at radius 3 is 0.935 bits per heavy atom. The molecule has 0 amide bonds. The zero-order valence-corrected chi connectivity index (χ0v) is 28.0. The topological polar surface area (TPSA) is 0 Å². The molecule has 0 bridgehead atoms. The molecular formula is C43H37P2Pd+. The van der Waals surface area contributed by atoms with Crippen molar-refractivity contribution in [3.63, 3.8) is 0 Å². The summed E-state index contributed by atoms with van der Waals surface area (Å²) in [6.45, 7) is 2.06. The molecule has 0 aromatic heterocycles. The van der Waals surface area contributed by atoms with E-state index < -0.39 is 122 Å². The van der Waals surface area contributed by atoms with Crippen LogP contribution in [0, 0.1) is 13.0 Å². The first-order chi connectivity index (χ1) is 28.5. The van der Waals surface area contributed by atoms with Crippen molar-refractivity contribution in [2.24, 2.45) is 0 Å². The number of aryl methyl sites for hydroxylation is 1. The Bertz CT molecular complexity index is 2270. The van der Waals surface area contributed by atoms with Gasteiger partial charge in [0.2, 0.25) is 0 Å². The SMILES string of the molecule is Cc1cc[c-]cc1.[2H]c1c([2H])c([2H])c(P(c2c([2H])c([2H])c([2H])c([2H])c2[2H])c2c([2H])c([2H])c([2H])c([2H])c2[2H])c([2H])c1[2H].[Pd+2].c1ccc(P(c2ccccc2)c2ccccc2)cc1. The average Bonchev–Trinajstić information content (AvgIpc) is 3.27. The van der Waals surface area contributed by atoms with Crippen LogP contribution in [-0.2, 0) is 20.4 Å². The second-order valence-electron chi connectivity index (χ2n) is 9.18. The summed E-state index contributed by atoms with van der Waals surface area (Å²) in [4.78, 5) is 0. The third kappa shape index (κ3) is 10.6. The largest absolute Gasteiger partial charge is 2.00 e. The molecule has 0 radical (unpaired) electrons. The van der Waals surface area contributed by atoms with Gasteiger partial charge in [-0.25, -0.2) is 0 Å². The number of hydrogen-bond donors (Lipinski definition) is 0. The molecule has 0 N–H and O–H groups in total. The van der Waals surface area contributed by atoms with Gasteiger partial charge >= 0.3 is 20.4 Å². The second-order valence-corrected chi connectivity index (χ2v) is 13.4. The molecule has 0 unspecified atom stereocenters. The van der Waals surface area contributed by atoms with E-state index in [0.29, 0.717) is 0 Å². The summed E-state index contributed by atoms with van der Waals surface area (Å²) in [6.07, 6.45) is 0. The Labute approximate surface area is 312 Å². The van der Waals surface area contributed by atoms with Crippen molar-refractivity contribution in [3.05, 3.63) is 218 Å². The molecule has 46 heavy (non-hydrogen) atoms. The zero-order chi connectivity index (χ0) is 44.0. The standard InChI is InChI=1S/2C18H15P.C7H7.Pd/c2*1-4-10-16(11-5-1)19(17-12-6-2-7-13-17)18-14-8-3-9-15-18;1-7-5-3-2-4-6-7;/h2*1-15H;3-6H,1H3;/q;;-1;+2/i1D,2D,3D,4D,5D,6D,7D,8D,9D,10D,11D,12D,13D,14D,15D;;;. The van der Waals surface area contributed by atoms with Crippen LogP contribution < -0.4 is 31.8 Å². The molecule has 0 aliphatic rings. The fourth-order valence-electron chi connectivity index (χ4n) is 4.05. The molecule has 0 spiro atoms. The van der Waals surface area contributed by atoms with E-state index in [4.69, 9.17) is 20.6 Å². The number of hydrogen-bond acceptors (Lipinski definition) is 0. The van der Waals surface area contributed by atoms with Crippen molar-refractivity contribution in [1.82, 2.24) is 0 Å². The molecule has 0 aliphatic heterocycles. The Kier molecular flexibility index (Phi) is 8.35. The van der Waals surface area contributed by atoms with Gasteiger partial charge < -0.3 is 0 Å². The van der Waals surface area contributed by atoms with Gasteiger partial charge in [0, 0.05) is 0 Å². The minimum absolute atomic E-state index is 0. The Balaban J connectivity index is 0.000000251. The molecule has 0 aliphatic carbocycles. The molecule has 0 atom stereocenters. The second kappa shape index (κ2) is 19.5. The van der Waals surface area contributed by atoms with E-state index in [9.17, 15) is 0 Å². The predicted molar refractivity (Wildman–Crippen MR) is 200 cm³/mol. The van der Waals surface area contributed by atoms with Crippen LogP contribution in [0.5, 0.6) is 0 Å². The van der Waals surface area contributed by atoms with Crippen LogP contribution in [0.4, 0.5) is 0 Å². The third-order valence-electron chi connectivity index (χ3n) is 6.06. The van der Waals surface area contributed by atoms with Crippen molar-refractivity contribution in [1.29, 1.82) is 0 Å². The Morgan fingerprint density at radius 2 is 0.674 bits per heavy atom. The monoisotopic (exact) mass is 736 g/mol. The van der Waals surface area contributed by atoms with Crippen LogP contribution in [0.2, 0.25) is 0 Å². The first-order valence-corrected chi connectivity index (χ1v) is 16.6. The number of rotatable bonds is 6. The third-order valence-corrected chi connectivity index (χ3v) is 10.5. The maximum absolute atomic E-state index is 8.38. The molecule has 7 rings (SSSR count). The smallest absolute Gasteiger partial charge is 0.184 e. The van der Waals surface area contributed by atoms with E-state index in [1.807, 2.05) is 24.3 Å². The van der Waals surface area contributed by atoms with E-state index in [1.54, 1.807) is 0 Å². The molecule has 228 valence electrons. The van der Waals surface area contributed by atoms with Gasteiger partial charge in [0.25, 0.3) is 0 Å². The van der Waals surface area contributed by atoms with Gasteiger partial charge in [-0.1, -0.05) is 189 Å². The molecule has 0 nitrogen and oxygen atoms in total. The first kappa shape index (κ1) is 19.7.